The first-order chi connectivity index (χ1) is 14.0. The number of carboxylic acid groups (broad SMARTS) is 1. The minimum atomic E-state index is -0.924. The molecule has 0 radical (unpaired) electrons. The van der Waals surface area contributed by atoms with Gasteiger partial charge in [0.1, 0.15) is 0 Å². The Morgan fingerprint density at radius 1 is 0.759 bits per heavy atom. The van der Waals surface area contributed by atoms with Crippen molar-refractivity contribution in [1.82, 2.24) is 0 Å². The molecular formula is C25H40O4. The highest BCUT2D eigenvalue weighted by atomic mass is 16.4. The van der Waals surface area contributed by atoms with Gasteiger partial charge in [0, 0.05) is 5.57 Å². The largest absolute Gasteiger partial charge is 0.504 e. The lowest BCUT2D eigenvalue weighted by Crippen LogP contribution is -2.00. The number of hydrogen-bond acceptors (Lipinski definition) is 3. The van der Waals surface area contributed by atoms with Crippen molar-refractivity contribution in [3.63, 3.8) is 0 Å². The van der Waals surface area contributed by atoms with Gasteiger partial charge in [-0.15, -0.1) is 0 Å². The minimum absolute atomic E-state index is 0.203. The van der Waals surface area contributed by atoms with E-state index in [9.17, 15) is 20.1 Å². The number of phenolic OH excluding ortho intramolecular Hbond substituents is 2. The molecule has 1 aromatic carbocycles. The predicted octanol–water partition coefficient (Wildman–Crippen LogP) is 7.44. The highest BCUT2D eigenvalue weighted by Gasteiger charge is 2.08. The zero-order valence-electron chi connectivity index (χ0n) is 18.2. The molecule has 0 fully saturated rings. The van der Waals surface area contributed by atoms with Crippen molar-refractivity contribution in [3.8, 4) is 11.5 Å². The highest BCUT2D eigenvalue weighted by molar-refractivity contribution is 5.92. The summed E-state index contributed by atoms with van der Waals surface area (Å²) in [5.74, 6) is -1.36. The third-order valence-corrected chi connectivity index (χ3v) is 5.41. The van der Waals surface area contributed by atoms with Gasteiger partial charge >= 0.3 is 5.97 Å². The topological polar surface area (TPSA) is 77.8 Å². The Balaban J connectivity index is 2.09. The Bertz CT molecular complexity index is 607. The lowest BCUT2D eigenvalue weighted by atomic mass is 10.0. The van der Waals surface area contributed by atoms with Gasteiger partial charge in [-0.1, -0.05) is 96.5 Å². The molecule has 0 saturated heterocycles. The average molecular weight is 405 g/mol. The van der Waals surface area contributed by atoms with Crippen LogP contribution < -0.4 is 0 Å². The van der Waals surface area contributed by atoms with Gasteiger partial charge in [-0.2, -0.15) is 0 Å². The van der Waals surface area contributed by atoms with E-state index in [1.54, 1.807) is 12.1 Å². The molecular weight excluding hydrogens is 364 g/mol. The van der Waals surface area contributed by atoms with Crippen molar-refractivity contribution >= 4 is 12.0 Å². The molecule has 4 nitrogen and oxygen atoms in total. The third kappa shape index (κ3) is 12.2. The molecule has 1 rings (SSSR count). The molecule has 4 heteroatoms. The van der Waals surface area contributed by atoms with E-state index >= 15 is 0 Å². The number of rotatable bonds is 17. The van der Waals surface area contributed by atoms with Crippen molar-refractivity contribution in [2.24, 2.45) is 0 Å². The van der Waals surface area contributed by atoms with Crippen molar-refractivity contribution < 1.29 is 20.1 Å². The summed E-state index contributed by atoms with van der Waals surface area (Å²) >= 11 is 0. The highest BCUT2D eigenvalue weighted by Crippen LogP contribution is 2.26. The molecule has 0 aliphatic carbocycles. The fraction of sp³-hybridized carbons (Fsp3) is 0.640. The maximum absolute atomic E-state index is 11.4. The zero-order chi connectivity index (χ0) is 21.3. The van der Waals surface area contributed by atoms with E-state index in [1.807, 2.05) is 0 Å². The second kappa shape index (κ2) is 15.9. The quantitative estimate of drug-likeness (QED) is 0.143. The number of unbranched alkanes of at least 4 members (excludes halogenated alkanes) is 13. The molecule has 0 aromatic heterocycles. The molecule has 0 aliphatic heterocycles. The Labute approximate surface area is 176 Å². The summed E-state index contributed by atoms with van der Waals surface area (Å²) in [6, 6.07) is 4.35. The van der Waals surface area contributed by atoms with Crippen LogP contribution in [0.2, 0.25) is 0 Å². The minimum Gasteiger partial charge on any atom is -0.504 e. The van der Waals surface area contributed by atoms with Gasteiger partial charge in [0.15, 0.2) is 11.5 Å². The average Bonchev–Trinajstić information content (AvgIpc) is 2.69. The Hall–Kier alpha value is -1.97. The summed E-state index contributed by atoms with van der Waals surface area (Å²) in [5, 5.41) is 28.3. The smallest absolute Gasteiger partial charge is 0.331 e. The van der Waals surface area contributed by atoms with Crippen LogP contribution in [-0.4, -0.2) is 21.3 Å². The van der Waals surface area contributed by atoms with E-state index in [0.717, 1.165) is 19.3 Å². The third-order valence-electron chi connectivity index (χ3n) is 5.41. The Morgan fingerprint density at radius 3 is 1.69 bits per heavy atom. The van der Waals surface area contributed by atoms with Gasteiger partial charge in [0.2, 0.25) is 0 Å². The van der Waals surface area contributed by atoms with Crippen LogP contribution in [0, 0.1) is 0 Å². The van der Waals surface area contributed by atoms with Gasteiger partial charge in [-0.25, -0.2) is 4.79 Å². The second-order valence-corrected chi connectivity index (χ2v) is 8.07. The Kier molecular flexibility index (Phi) is 13.7. The molecule has 0 aliphatic rings. The molecule has 0 saturated carbocycles. The fourth-order valence-electron chi connectivity index (χ4n) is 3.58. The van der Waals surface area contributed by atoms with Gasteiger partial charge in [0.05, 0.1) is 0 Å². The number of phenols is 2. The monoisotopic (exact) mass is 404 g/mol. The van der Waals surface area contributed by atoms with Crippen LogP contribution in [0.25, 0.3) is 6.08 Å². The number of hydrogen-bond donors (Lipinski definition) is 3. The number of carboxylic acids is 1. The molecule has 0 unspecified atom stereocenters. The van der Waals surface area contributed by atoms with Gasteiger partial charge in [0.25, 0.3) is 0 Å². The lowest BCUT2D eigenvalue weighted by Gasteiger charge is -2.05. The number of aromatic hydroxyl groups is 2. The van der Waals surface area contributed by atoms with Crippen molar-refractivity contribution in [3.05, 3.63) is 29.3 Å². The van der Waals surface area contributed by atoms with Crippen LogP contribution in [0.1, 0.15) is 109 Å². The number of aliphatic carboxylic acids is 1. The first-order valence-electron chi connectivity index (χ1n) is 11.5. The number of benzene rings is 1. The molecule has 29 heavy (non-hydrogen) atoms. The summed E-state index contributed by atoms with van der Waals surface area (Å²) in [7, 11) is 0. The molecule has 0 amide bonds. The molecule has 0 atom stereocenters. The maximum atomic E-state index is 11.4. The normalized spacial score (nSPS) is 11.7. The summed E-state index contributed by atoms with van der Waals surface area (Å²) in [4.78, 5) is 11.4. The maximum Gasteiger partial charge on any atom is 0.331 e. The predicted molar refractivity (Wildman–Crippen MR) is 120 cm³/mol. The second-order valence-electron chi connectivity index (χ2n) is 8.07. The summed E-state index contributed by atoms with van der Waals surface area (Å²) in [6.45, 7) is 2.26. The first kappa shape index (κ1) is 25.1. The van der Waals surface area contributed by atoms with Crippen molar-refractivity contribution in [1.29, 1.82) is 0 Å². The van der Waals surface area contributed by atoms with Crippen LogP contribution in [0.4, 0.5) is 0 Å². The lowest BCUT2D eigenvalue weighted by molar-refractivity contribution is -0.132. The Morgan fingerprint density at radius 2 is 1.24 bits per heavy atom. The molecule has 0 heterocycles. The van der Waals surface area contributed by atoms with Gasteiger partial charge < -0.3 is 15.3 Å². The van der Waals surface area contributed by atoms with E-state index in [0.29, 0.717) is 17.6 Å². The summed E-state index contributed by atoms with van der Waals surface area (Å²) < 4.78 is 0. The van der Waals surface area contributed by atoms with E-state index in [1.165, 1.54) is 82.8 Å². The number of carbonyl (C=O) groups is 1. The van der Waals surface area contributed by atoms with Crippen LogP contribution in [0.5, 0.6) is 11.5 Å². The zero-order valence-corrected chi connectivity index (χ0v) is 18.2. The molecule has 3 N–H and O–H groups in total. The summed E-state index contributed by atoms with van der Waals surface area (Å²) in [5.41, 5.74) is 0.928. The molecule has 0 bridgehead atoms. The van der Waals surface area contributed by atoms with Crippen LogP contribution in [-0.2, 0) is 4.79 Å². The van der Waals surface area contributed by atoms with Crippen molar-refractivity contribution in [2.75, 3.05) is 0 Å². The van der Waals surface area contributed by atoms with E-state index in [-0.39, 0.29) is 11.5 Å². The van der Waals surface area contributed by atoms with E-state index in [2.05, 4.69) is 6.92 Å². The standard InChI is InChI=1S/C25H40O4/c1-2-3-4-5-6-7-8-9-10-11-12-13-14-15-16-22(25(28)29)19-21-17-18-23(26)24(27)20-21/h17-20,26-27H,2-16H2,1H3,(H,28,29)/b22-19+. The fourth-order valence-corrected chi connectivity index (χ4v) is 3.58. The van der Waals surface area contributed by atoms with Gasteiger partial charge in [-0.05, 0) is 36.6 Å². The van der Waals surface area contributed by atoms with E-state index < -0.39 is 5.97 Å². The van der Waals surface area contributed by atoms with Gasteiger partial charge in [-0.3, -0.25) is 0 Å². The van der Waals surface area contributed by atoms with Crippen LogP contribution >= 0.6 is 0 Å². The molecule has 164 valence electrons. The van der Waals surface area contributed by atoms with E-state index in [4.69, 9.17) is 0 Å². The summed E-state index contributed by atoms with van der Waals surface area (Å²) in [6.07, 6.45) is 20.0. The molecule has 0 spiro atoms. The van der Waals surface area contributed by atoms with Crippen LogP contribution in [0.3, 0.4) is 0 Å². The van der Waals surface area contributed by atoms with Crippen LogP contribution in [0.15, 0.2) is 23.8 Å². The SMILES string of the molecule is CCCCCCCCCCCCCCCC/C(=C\c1ccc(O)c(O)c1)C(=O)O. The van der Waals surface area contributed by atoms with Crippen molar-refractivity contribution in [2.45, 2.75) is 103 Å². The first-order valence-corrected chi connectivity index (χ1v) is 11.5. The molecule has 1 aromatic rings.